The topological polar surface area (TPSA) is 104 Å². The van der Waals surface area contributed by atoms with Gasteiger partial charge in [0.1, 0.15) is 6.61 Å². The summed E-state index contributed by atoms with van der Waals surface area (Å²) in [7, 11) is 0. The molecule has 1 saturated carbocycles. The van der Waals surface area contributed by atoms with E-state index in [1.807, 2.05) is 4.68 Å². The number of piperidine rings is 1. The fourth-order valence-corrected chi connectivity index (χ4v) is 3.94. The van der Waals surface area contributed by atoms with Gasteiger partial charge in [-0.2, -0.15) is 9.78 Å². The van der Waals surface area contributed by atoms with Crippen LogP contribution in [0, 0.1) is 12.8 Å². The molecule has 5 rings (SSSR count). The molecule has 0 aromatic carbocycles. The van der Waals surface area contributed by atoms with Gasteiger partial charge in [0.25, 0.3) is 5.56 Å². The molecule has 2 aromatic rings. The third kappa shape index (κ3) is 3.50. The van der Waals surface area contributed by atoms with E-state index in [1.165, 1.54) is 18.0 Å². The highest BCUT2D eigenvalue weighted by atomic mass is 16.6. The van der Waals surface area contributed by atoms with E-state index in [2.05, 4.69) is 15.2 Å². The van der Waals surface area contributed by atoms with Crippen LogP contribution in [-0.2, 0) is 14.3 Å². The van der Waals surface area contributed by atoms with Gasteiger partial charge in [0.15, 0.2) is 23.1 Å². The molecule has 10 heteroatoms. The zero-order valence-electron chi connectivity index (χ0n) is 16.4. The largest absolute Gasteiger partial charge is 0.463 e. The van der Waals surface area contributed by atoms with Crippen LogP contribution in [0.5, 0.6) is 0 Å². The van der Waals surface area contributed by atoms with Crippen molar-refractivity contribution in [3.63, 3.8) is 0 Å². The van der Waals surface area contributed by atoms with E-state index < -0.39 is 12.3 Å². The van der Waals surface area contributed by atoms with Crippen LogP contribution in [0.4, 0.5) is 5.82 Å². The smallest absolute Gasteiger partial charge is 0.302 e. The van der Waals surface area contributed by atoms with Crippen molar-refractivity contribution in [2.45, 2.75) is 57.4 Å². The van der Waals surface area contributed by atoms with Crippen molar-refractivity contribution in [2.24, 2.45) is 0 Å². The van der Waals surface area contributed by atoms with Crippen molar-refractivity contribution in [3.05, 3.63) is 23.2 Å². The fourth-order valence-electron chi connectivity index (χ4n) is 3.94. The second-order valence-electron chi connectivity index (χ2n) is 7.84. The molecular weight excluding hydrogens is 376 g/mol. The molecule has 10 nitrogen and oxygen atoms in total. The summed E-state index contributed by atoms with van der Waals surface area (Å²) in [5.41, 5.74) is 0.794. The first-order valence-corrected chi connectivity index (χ1v) is 10.2. The lowest BCUT2D eigenvalue weighted by Crippen LogP contribution is -2.31. The molecule has 2 unspecified atom stereocenters. The third-order valence-corrected chi connectivity index (χ3v) is 5.56. The normalized spacial score (nSPS) is 24.9. The Hall–Kier alpha value is -2.49. The highest BCUT2D eigenvalue weighted by Crippen LogP contribution is 2.38. The lowest BCUT2D eigenvalue weighted by molar-refractivity contribution is -0.145. The number of esters is 1. The van der Waals surface area contributed by atoms with Gasteiger partial charge < -0.3 is 14.4 Å². The number of ether oxygens (including phenoxy) is 2. The van der Waals surface area contributed by atoms with Crippen molar-refractivity contribution < 1.29 is 14.3 Å². The van der Waals surface area contributed by atoms with Crippen LogP contribution < -0.4 is 10.5 Å². The molecule has 2 aromatic heterocycles. The summed E-state index contributed by atoms with van der Waals surface area (Å²) in [6.07, 6.45) is 7.90. The molecule has 0 amide bonds. The number of aromatic nitrogens is 5. The van der Waals surface area contributed by atoms with E-state index in [0.717, 1.165) is 44.6 Å². The monoisotopic (exact) mass is 400 g/mol. The van der Waals surface area contributed by atoms with Crippen molar-refractivity contribution in [3.8, 4) is 0 Å². The molecule has 0 spiro atoms. The third-order valence-electron chi connectivity index (χ3n) is 5.56. The van der Waals surface area contributed by atoms with Crippen molar-refractivity contribution in [1.82, 2.24) is 24.8 Å². The van der Waals surface area contributed by atoms with E-state index >= 15 is 0 Å². The van der Waals surface area contributed by atoms with Crippen LogP contribution >= 0.6 is 0 Å². The van der Waals surface area contributed by atoms with Gasteiger partial charge in [0.05, 0.1) is 12.1 Å². The van der Waals surface area contributed by atoms with E-state index in [9.17, 15) is 9.59 Å². The van der Waals surface area contributed by atoms with Crippen LogP contribution in [0.2, 0.25) is 0 Å². The van der Waals surface area contributed by atoms with Crippen molar-refractivity contribution in [2.75, 3.05) is 24.6 Å². The molecule has 29 heavy (non-hydrogen) atoms. The number of nitrogens with zero attached hydrogens (tertiary/aromatic N) is 6. The summed E-state index contributed by atoms with van der Waals surface area (Å²) in [5.74, 6) is 0.390. The summed E-state index contributed by atoms with van der Waals surface area (Å²) >= 11 is 0. The molecule has 154 valence electrons. The predicted octanol–water partition coefficient (Wildman–Crippen LogP) is 1.18. The van der Waals surface area contributed by atoms with Gasteiger partial charge in [0.2, 0.25) is 0 Å². The Kier molecular flexibility index (Phi) is 4.73. The van der Waals surface area contributed by atoms with Crippen LogP contribution in [-0.4, -0.2) is 56.5 Å². The van der Waals surface area contributed by atoms with Gasteiger partial charge in [-0.1, -0.05) is 5.21 Å². The van der Waals surface area contributed by atoms with Gasteiger partial charge in [-0.25, -0.2) is 0 Å². The first-order valence-electron chi connectivity index (χ1n) is 10.2. The molecule has 2 radical (unpaired) electrons. The Morgan fingerprint density at radius 2 is 2.00 bits per heavy atom. The van der Waals surface area contributed by atoms with E-state index in [1.54, 1.807) is 12.8 Å². The standard InChI is InChI=1S/C19H24N6O4/c1-12(26)28-11-14-7-8-15(29-14)25-19(27)17-16(20-22-25)18(21-24(17)13-5-6-13)23-9-3-2-4-10-23/h7-8,13-15H,2-6,9-11H2,1H3. The van der Waals surface area contributed by atoms with Crippen LogP contribution in [0.3, 0.4) is 0 Å². The first-order chi connectivity index (χ1) is 14.1. The maximum absolute atomic E-state index is 13.3. The van der Waals surface area contributed by atoms with E-state index in [-0.39, 0.29) is 24.2 Å². The summed E-state index contributed by atoms with van der Waals surface area (Å²) in [5, 5.41) is 13.3. The highest BCUT2D eigenvalue weighted by Gasteiger charge is 2.34. The highest BCUT2D eigenvalue weighted by molar-refractivity contribution is 5.86. The summed E-state index contributed by atoms with van der Waals surface area (Å²) in [4.78, 5) is 26.5. The van der Waals surface area contributed by atoms with E-state index in [0.29, 0.717) is 11.0 Å². The number of carbonyl (C=O) groups excluding carboxylic acids is 1. The van der Waals surface area contributed by atoms with Gasteiger partial charge in [-0.05, 0) is 32.1 Å². The minimum atomic E-state index is -0.680. The molecule has 2 atom stereocenters. The minimum absolute atomic E-state index is 0.103. The molecule has 4 heterocycles. The summed E-state index contributed by atoms with van der Waals surface area (Å²) in [6, 6.07) is 0.248. The maximum atomic E-state index is 13.3. The molecular formula is C19H24N6O4. The Morgan fingerprint density at radius 1 is 1.21 bits per heavy atom. The second-order valence-corrected chi connectivity index (χ2v) is 7.84. The Balaban J connectivity index is 1.47. The lowest BCUT2D eigenvalue weighted by atomic mass is 10.1. The average molecular weight is 400 g/mol. The average Bonchev–Trinajstić information content (AvgIpc) is 3.33. The van der Waals surface area contributed by atoms with Crippen LogP contribution in [0.1, 0.15) is 51.3 Å². The Labute approximate surface area is 167 Å². The quantitative estimate of drug-likeness (QED) is 0.689. The molecule has 1 aliphatic carbocycles. The van der Waals surface area contributed by atoms with Crippen LogP contribution in [0.15, 0.2) is 4.79 Å². The summed E-state index contributed by atoms with van der Waals surface area (Å²) in [6.45, 7) is 3.30. The van der Waals surface area contributed by atoms with Gasteiger partial charge in [0, 0.05) is 32.9 Å². The van der Waals surface area contributed by atoms with Crippen LogP contribution in [0.25, 0.3) is 11.0 Å². The SMILES string of the molecule is CC(=O)OCC1[CH][CH]C(n2nnc3c(N4CCCCC4)nn(C4CC4)c3c2=O)O1. The Bertz CT molecular complexity index is 975. The van der Waals surface area contributed by atoms with Gasteiger partial charge in [-0.3, -0.25) is 14.3 Å². The maximum Gasteiger partial charge on any atom is 0.302 e. The van der Waals surface area contributed by atoms with Crippen molar-refractivity contribution in [1.29, 1.82) is 0 Å². The second kappa shape index (κ2) is 7.40. The van der Waals surface area contributed by atoms with Crippen molar-refractivity contribution >= 4 is 22.8 Å². The number of fused-ring (bicyclic) bond motifs is 1. The van der Waals surface area contributed by atoms with E-state index in [4.69, 9.17) is 14.6 Å². The molecule has 2 aliphatic heterocycles. The molecule has 3 aliphatic rings. The lowest BCUT2D eigenvalue weighted by Gasteiger charge is -2.26. The Morgan fingerprint density at radius 3 is 2.72 bits per heavy atom. The predicted molar refractivity (Wildman–Crippen MR) is 103 cm³/mol. The van der Waals surface area contributed by atoms with Gasteiger partial charge >= 0.3 is 5.97 Å². The zero-order valence-corrected chi connectivity index (χ0v) is 16.4. The number of carbonyl (C=O) groups is 1. The van der Waals surface area contributed by atoms with Gasteiger partial charge in [-0.15, -0.1) is 5.10 Å². The number of hydrogen-bond donors (Lipinski definition) is 0. The molecule has 3 fully saturated rings. The molecule has 0 N–H and O–H groups in total. The fraction of sp³-hybridized carbons (Fsp3) is 0.632. The minimum Gasteiger partial charge on any atom is -0.463 e. The zero-order chi connectivity index (χ0) is 20.0. The number of rotatable bonds is 5. The number of anilines is 1. The molecule has 2 saturated heterocycles. The molecule has 0 bridgehead atoms. The number of hydrogen-bond acceptors (Lipinski definition) is 8. The summed E-state index contributed by atoms with van der Waals surface area (Å²) < 4.78 is 13.9. The first kappa shape index (κ1) is 18.5.